The molecule has 0 amide bonds. The first-order valence-electron chi connectivity index (χ1n) is 10.8. The van der Waals surface area contributed by atoms with Crippen LogP contribution in [-0.4, -0.2) is 0 Å². The molecule has 2 heteroatoms. The predicted molar refractivity (Wildman–Crippen MR) is 140 cm³/mol. The van der Waals surface area contributed by atoms with Gasteiger partial charge in [-0.2, -0.15) is 0 Å². The molecule has 0 saturated heterocycles. The molecule has 0 unspecified atom stereocenters. The predicted octanol–water partition coefficient (Wildman–Crippen LogP) is 9.13. The Balaban J connectivity index is 1.38. The lowest BCUT2D eigenvalue weighted by molar-refractivity contribution is 1.56. The second-order valence-corrected chi connectivity index (χ2v) is 9.01. The fourth-order valence-corrected chi connectivity index (χ4v) is 5.42. The topological polar surface area (TPSA) is 12.0 Å². The molecule has 32 heavy (non-hydrogen) atoms. The lowest BCUT2D eigenvalue weighted by Gasteiger charge is -2.09. The lowest BCUT2D eigenvalue weighted by atomic mass is 9.99. The van der Waals surface area contributed by atoms with Gasteiger partial charge < -0.3 is 5.32 Å². The van der Waals surface area contributed by atoms with Gasteiger partial charge in [-0.15, -0.1) is 11.3 Å². The van der Waals surface area contributed by atoms with Crippen LogP contribution in [0.4, 0.5) is 11.4 Å². The van der Waals surface area contributed by atoms with Gasteiger partial charge in [0.15, 0.2) is 0 Å². The number of benzene rings is 5. The molecule has 0 saturated carbocycles. The maximum Gasteiger partial charge on any atom is 0.0391 e. The fourth-order valence-electron chi connectivity index (χ4n) is 4.31. The number of nitrogens with one attached hydrogen (secondary N) is 1. The Hall–Kier alpha value is -3.88. The van der Waals surface area contributed by atoms with Crippen molar-refractivity contribution in [2.24, 2.45) is 0 Å². The molecule has 1 nitrogen and oxygen atoms in total. The molecule has 0 radical (unpaired) electrons. The highest BCUT2D eigenvalue weighted by molar-refractivity contribution is 7.26. The molecule has 1 N–H and O–H groups in total. The minimum Gasteiger partial charge on any atom is -0.356 e. The number of fused-ring (bicyclic) bond motifs is 3. The summed E-state index contributed by atoms with van der Waals surface area (Å²) in [5, 5.41) is 6.23. The summed E-state index contributed by atoms with van der Waals surface area (Å²) in [6, 6.07) is 43.1. The van der Waals surface area contributed by atoms with Crippen molar-refractivity contribution in [3.8, 4) is 22.3 Å². The van der Waals surface area contributed by atoms with Gasteiger partial charge in [0.1, 0.15) is 0 Å². The first-order chi connectivity index (χ1) is 15.8. The quantitative estimate of drug-likeness (QED) is 0.296. The second kappa shape index (κ2) is 7.99. The van der Waals surface area contributed by atoms with Crippen molar-refractivity contribution in [2.45, 2.75) is 0 Å². The van der Waals surface area contributed by atoms with E-state index < -0.39 is 0 Å². The van der Waals surface area contributed by atoms with E-state index in [0.717, 1.165) is 11.4 Å². The highest BCUT2D eigenvalue weighted by Crippen LogP contribution is 2.41. The summed E-state index contributed by atoms with van der Waals surface area (Å²) < 4.78 is 2.64. The van der Waals surface area contributed by atoms with E-state index in [1.807, 2.05) is 17.4 Å². The van der Waals surface area contributed by atoms with Crippen molar-refractivity contribution in [3.05, 3.63) is 121 Å². The standard InChI is InChI=1S/C30H21NS/c1-3-8-21(9-4-1)22-14-16-24(17-15-22)31-25-18-19-28-27(20-25)30-26(12-7-13-29(30)32-28)23-10-5-2-6-11-23/h1-20,31H. The van der Waals surface area contributed by atoms with Gasteiger partial charge >= 0.3 is 0 Å². The van der Waals surface area contributed by atoms with Crippen molar-refractivity contribution in [2.75, 3.05) is 5.32 Å². The molecule has 0 spiro atoms. The minimum atomic E-state index is 1.09. The molecule has 1 heterocycles. The van der Waals surface area contributed by atoms with Crippen LogP contribution in [-0.2, 0) is 0 Å². The van der Waals surface area contributed by atoms with E-state index in [2.05, 4.69) is 121 Å². The van der Waals surface area contributed by atoms with E-state index in [9.17, 15) is 0 Å². The summed E-state index contributed by atoms with van der Waals surface area (Å²) in [7, 11) is 0. The van der Waals surface area contributed by atoms with E-state index in [1.54, 1.807) is 0 Å². The molecule has 152 valence electrons. The van der Waals surface area contributed by atoms with Crippen molar-refractivity contribution < 1.29 is 0 Å². The van der Waals surface area contributed by atoms with Crippen molar-refractivity contribution in [1.29, 1.82) is 0 Å². The molecule has 6 rings (SSSR count). The van der Waals surface area contributed by atoms with E-state index >= 15 is 0 Å². The summed E-state index contributed by atoms with van der Waals surface area (Å²) in [5.74, 6) is 0. The molecule has 5 aromatic carbocycles. The molecule has 0 bridgehead atoms. The van der Waals surface area contributed by atoms with Crippen LogP contribution < -0.4 is 5.32 Å². The number of rotatable bonds is 4. The zero-order valence-corrected chi connectivity index (χ0v) is 18.3. The average Bonchev–Trinajstić information content (AvgIpc) is 3.24. The summed E-state index contributed by atoms with van der Waals surface area (Å²) in [6.45, 7) is 0. The minimum absolute atomic E-state index is 1.09. The second-order valence-electron chi connectivity index (χ2n) is 7.93. The number of anilines is 2. The summed E-state index contributed by atoms with van der Waals surface area (Å²) in [4.78, 5) is 0. The average molecular weight is 428 g/mol. The van der Waals surface area contributed by atoms with Gasteiger partial charge in [-0.05, 0) is 58.7 Å². The van der Waals surface area contributed by atoms with E-state index in [0.29, 0.717) is 0 Å². The Kier molecular flexibility index (Phi) is 4.71. The molecule has 6 aromatic rings. The molecule has 0 aliphatic heterocycles. The lowest BCUT2D eigenvalue weighted by Crippen LogP contribution is -1.90. The number of hydrogen-bond acceptors (Lipinski definition) is 2. The van der Waals surface area contributed by atoms with Crippen LogP contribution in [0.1, 0.15) is 0 Å². The smallest absolute Gasteiger partial charge is 0.0391 e. The first-order valence-corrected chi connectivity index (χ1v) is 11.6. The SMILES string of the molecule is c1ccc(-c2ccc(Nc3ccc4sc5cccc(-c6ccccc6)c5c4c3)cc2)cc1. The van der Waals surface area contributed by atoms with Gasteiger partial charge in [0.25, 0.3) is 0 Å². The fraction of sp³-hybridized carbons (Fsp3) is 0. The Morgan fingerprint density at radius 1 is 0.469 bits per heavy atom. The van der Waals surface area contributed by atoms with Crippen molar-refractivity contribution in [3.63, 3.8) is 0 Å². The summed E-state index contributed by atoms with van der Waals surface area (Å²) >= 11 is 1.86. The largest absolute Gasteiger partial charge is 0.356 e. The van der Waals surface area contributed by atoms with Crippen LogP contribution in [0.15, 0.2) is 121 Å². The van der Waals surface area contributed by atoms with Crippen LogP contribution in [0, 0.1) is 0 Å². The summed E-state index contributed by atoms with van der Waals surface area (Å²) in [6.07, 6.45) is 0. The van der Waals surface area contributed by atoms with Crippen LogP contribution in [0.3, 0.4) is 0 Å². The third-order valence-electron chi connectivity index (χ3n) is 5.86. The maximum absolute atomic E-state index is 3.59. The Morgan fingerprint density at radius 2 is 1.12 bits per heavy atom. The van der Waals surface area contributed by atoms with Gasteiger partial charge in [0.2, 0.25) is 0 Å². The Morgan fingerprint density at radius 3 is 1.88 bits per heavy atom. The molecule has 0 aliphatic carbocycles. The van der Waals surface area contributed by atoms with E-state index in [-0.39, 0.29) is 0 Å². The zero-order valence-electron chi connectivity index (χ0n) is 17.5. The number of hydrogen-bond donors (Lipinski definition) is 1. The third kappa shape index (κ3) is 3.45. The third-order valence-corrected chi connectivity index (χ3v) is 7.00. The molecular weight excluding hydrogens is 406 g/mol. The van der Waals surface area contributed by atoms with Crippen molar-refractivity contribution >= 4 is 42.9 Å². The number of thiophene rings is 1. The highest BCUT2D eigenvalue weighted by Gasteiger charge is 2.11. The Labute approximate surface area is 191 Å². The molecular formula is C30H21NS. The molecule has 0 aliphatic rings. The van der Waals surface area contributed by atoms with Crippen LogP contribution in [0.25, 0.3) is 42.4 Å². The van der Waals surface area contributed by atoms with Gasteiger partial charge in [0, 0.05) is 31.5 Å². The van der Waals surface area contributed by atoms with Crippen LogP contribution in [0.5, 0.6) is 0 Å². The highest BCUT2D eigenvalue weighted by atomic mass is 32.1. The van der Waals surface area contributed by atoms with Gasteiger partial charge in [-0.3, -0.25) is 0 Å². The van der Waals surface area contributed by atoms with Crippen LogP contribution >= 0.6 is 11.3 Å². The molecule has 1 aromatic heterocycles. The monoisotopic (exact) mass is 427 g/mol. The first kappa shape index (κ1) is 18.9. The van der Waals surface area contributed by atoms with Gasteiger partial charge in [-0.25, -0.2) is 0 Å². The molecule has 0 atom stereocenters. The van der Waals surface area contributed by atoms with E-state index in [1.165, 1.54) is 42.4 Å². The normalized spacial score (nSPS) is 11.1. The van der Waals surface area contributed by atoms with Gasteiger partial charge in [0.05, 0.1) is 0 Å². The zero-order chi connectivity index (χ0) is 21.3. The summed E-state index contributed by atoms with van der Waals surface area (Å²) in [5.41, 5.74) is 7.20. The van der Waals surface area contributed by atoms with E-state index in [4.69, 9.17) is 0 Å². The molecule has 0 fully saturated rings. The maximum atomic E-state index is 3.59. The van der Waals surface area contributed by atoms with Crippen molar-refractivity contribution in [1.82, 2.24) is 0 Å². The van der Waals surface area contributed by atoms with Gasteiger partial charge in [-0.1, -0.05) is 84.9 Å². The van der Waals surface area contributed by atoms with Crippen LogP contribution in [0.2, 0.25) is 0 Å². The Bertz CT molecular complexity index is 1510.